The van der Waals surface area contributed by atoms with E-state index >= 15 is 0 Å². The molecule has 0 unspecified atom stereocenters. The maximum Gasteiger partial charge on any atom is 0.217 e. The van der Waals surface area contributed by atoms with Crippen LogP contribution in [-0.4, -0.2) is 41.4 Å². The third kappa shape index (κ3) is 2.29. The van der Waals surface area contributed by atoms with Crippen molar-refractivity contribution in [3.63, 3.8) is 0 Å². The van der Waals surface area contributed by atoms with E-state index in [1.807, 2.05) is 6.07 Å². The van der Waals surface area contributed by atoms with Gasteiger partial charge in [-0.3, -0.25) is 9.69 Å². The minimum Gasteiger partial charge on any atom is -0.469 e. The standard InChI is InChI=1S/C20H19N3O3/c24-11-13-1-2-18(22-25)17(7-13)15-8-14-9-20(26-19(14)21-10-15)12-23-5-3-16(20)4-6-23/h1-2,7-8,10-11,16H,3-6,9,12H2/t20-/m0/s1. The summed E-state index contributed by atoms with van der Waals surface area (Å²) in [5.74, 6) is 1.28. The maximum atomic E-state index is 11.2. The van der Waals surface area contributed by atoms with Gasteiger partial charge in [-0.05, 0) is 55.4 Å². The Morgan fingerprint density at radius 1 is 1.27 bits per heavy atom. The predicted molar refractivity (Wildman–Crippen MR) is 96.7 cm³/mol. The van der Waals surface area contributed by atoms with E-state index in [4.69, 9.17) is 4.74 Å². The van der Waals surface area contributed by atoms with Gasteiger partial charge in [0.15, 0.2) is 0 Å². The summed E-state index contributed by atoms with van der Waals surface area (Å²) in [7, 11) is 0. The highest BCUT2D eigenvalue weighted by atomic mass is 16.5. The van der Waals surface area contributed by atoms with Gasteiger partial charge in [0, 0.05) is 47.3 Å². The summed E-state index contributed by atoms with van der Waals surface area (Å²) in [6, 6.07) is 6.89. The maximum absolute atomic E-state index is 11.2. The molecule has 0 aliphatic carbocycles. The summed E-state index contributed by atoms with van der Waals surface area (Å²) < 4.78 is 6.37. The van der Waals surface area contributed by atoms with Gasteiger partial charge < -0.3 is 4.74 Å². The third-order valence-corrected chi connectivity index (χ3v) is 6.10. The molecule has 3 saturated heterocycles. The van der Waals surface area contributed by atoms with Gasteiger partial charge in [0.25, 0.3) is 0 Å². The number of pyridine rings is 1. The Kier molecular flexibility index (Phi) is 3.43. The van der Waals surface area contributed by atoms with Crippen molar-refractivity contribution in [2.75, 3.05) is 19.6 Å². The van der Waals surface area contributed by atoms with Gasteiger partial charge in [0.1, 0.15) is 17.6 Å². The molecular formula is C20H19N3O3. The molecule has 6 heteroatoms. The number of ether oxygens (including phenoxy) is 1. The van der Waals surface area contributed by atoms with Gasteiger partial charge in [-0.2, -0.15) is 0 Å². The molecule has 0 saturated carbocycles. The largest absolute Gasteiger partial charge is 0.469 e. The Morgan fingerprint density at radius 3 is 2.81 bits per heavy atom. The van der Waals surface area contributed by atoms with Crippen LogP contribution < -0.4 is 4.74 Å². The van der Waals surface area contributed by atoms with Crippen LogP contribution in [0.5, 0.6) is 5.88 Å². The Bertz CT molecular complexity index is 905. The molecule has 2 bridgehead atoms. The van der Waals surface area contributed by atoms with Crippen molar-refractivity contribution in [1.29, 1.82) is 0 Å². The molecule has 2 aromatic rings. The van der Waals surface area contributed by atoms with E-state index in [9.17, 15) is 9.70 Å². The topological polar surface area (TPSA) is 71.9 Å². The SMILES string of the molecule is O=Cc1ccc(N=O)c(-c2cnc3c(c2)C[C@@]2(CN4CCC2CC4)O3)c1. The highest BCUT2D eigenvalue weighted by molar-refractivity contribution is 5.84. The van der Waals surface area contributed by atoms with Crippen LogP contribution in [0.25, 0.3) is 11.1 Å². The van der Waals surface area contributed by atoms with E-state index in [1.165, 1.54) is 12.8 Å². The number of hydrogen-bond donors (Lipinski definition) is 0. The lowest BCUT2D eigenvalue weighted by Gasteiger charge is -2.50. The molecule has 6 nitrogen and oxygen atoms in total. The molecule has 132 valence electrons. The minimum atomic E-state index is -0.152. The molecule has 5 heterocycles. The van der Waals surface area contributed by atoms with E-state index < -0.39 is 0 Å². The first-order valence-corrected chi connectivity index (χ1v) is 9.04. The zero-order valence-electron chi connectivity index (χ0n) is 14.4. The quantitative estimate of drug-likeness (QED) is 0.628. The average molecular weight is 349 g/mol. The number of benzene rings is 1. The van der Waals surface area contributed by atoms with Gasteiger partial charge in [0.2, 0.25) is 5.88 Å². The average Bonchev–Trinajstić information content (AvgIpc) is 3.04. The van der Waals surface area contributed by atoms with Crippen LogP contribution in [0.3, 0.4) is 0 Å². The fourth-order valence-corrected chi connectivity index (χ4v) is 4.79. The fourth-order valence-electron chi connectivity index (χ4n) is 4.79. The van der Waals surface area contributed by atoms with Crippen molar-refractivity contribution in [3.05, 3.63) is 46.5 Å². The van der Waals surface area contributed by atoms with Gasteiger partial charge in [-0.15, -0.1) is 4.91 Å². The van der Waals surface area contributed by atoms with Gasteiger partial charge >= 0.3 is 0 Å². The van der Waals surface area contributed by atoms with Crippen LogP contribution in [0.2, 0.25) is 0 Å². The number of nitroso groups, excluding NO2 is 1. The van der Waals surface area contributed by atoms with Gasteiger partial charge in [-0.25, -0.2) is 4.98 Å². The first kappa shape index (κ1) is 15.6. The van der Waals surface area contributed by atoms with Crippen LogP contribution in [0.15, 0.2) is 35.6 Å². The molecule has 1 spiro atoms. The Labute approximate surface area is 151 Å². The number of piperidine rings is 3. The number of fused-ring (bicyclic) bond motifs is 3. The van der Waals surface area contributed by atoms with Crippen molar-refractivity contribution in [2.45, 2.75) is 24.9 Å². The first-order chi connectivity index (χ1) is 12.7. The zero-order chi connectivity index (χ0) is 17.7. The summed E-state index contributed by atoms with van der Waals surface area (Å²) in [6.45, 7) is 3.29. The predicted octanol–water partition coefficient (Wildman–Crippen LogP) is 3.36. The Morgan fingerprint density at radius 2 is 2.12 bits per heavy atom. The summed E-state index contributed by atoms with van der Waals surface area (Å²) in [5, 5.41) is 3.10. The van der Waals surface area contributed by atoms with Crippen molar-refractivity contribution in [1.82, 2.24) is 9.88 Å². The summed E-state index contributed by atoms with van der Waals surface area (Å²) in [6.07, 6.45) is 5.69. The lowest BCUT2D eigenvalue weighted by molar-refractivity contribution is -0.0814. The van der Waals surface area contributed by atoms with E-state index in [2.05, 4.69) is 15.1 Å². The van der Waals surface area contributed by atoms with Gasteiger partial charge in [-0.1, -0.05) is 0 Å². The Hall–Kier alpha value is -2.60. The number of aromatic nitrogens is 1. The normalized spacial score (nSPS) is 28.6. The monoisotopic (exact) mass is 349 g/mol. The van der Waals surface area contributed by atoms with Crippen molar-refractivity contribution in [2.24, 2.45) is 11.1 Å². The van der Waals surface area contributed by atoms with Crippen LogP contribution in [0, 0.1) is 10.8 Å². The van der Waals surface area contributed by atoms with Crippen LogP contribution >= 0.6 is 0 Å². The minimum absolute atomic E-state index is 0.152. The number of aldehydes is 1. The summed E-state index contributed by atoms with van der Waals surface area (Å²) in [5.41, 5.74) is 3.18. The number of rotatable bonds is 3. The van der Waals surface area contributed by atoms with Crippen LogP contribution in [0.4, 0.5) is 5.69 Å². The highest BCUT2D eigenvalue weighted by Gasteiger charge is 2.52. The molecule has 4 aliphatic rings. The van der Waals surface area contributed by atoms with E-state index in [1.54, 1.807) is 24.4 Å². The lowest BCUT2D eigenvalue weighted by atomic mass is 9.73. The second kappa shape index (κ2) is 5.71. The molecule has 4 aliphatic heterocycles. The summed E-state index contributed by atoms with van der Waals surface area (Å²) in [4.78, 5) is 29.3. The second-order valence-electron chi connectivity index (χ2n) is 7.57. The zero-order valence-corrected chi connectivity index (χ0v) is 14.4. The van der Waals surface area contributed by atoms with Crippen molar-refractivity contribution < 1.29 is 9.53 Å². The molecular weight excluding hydrogens is 330 g/mol. The van der Waals surface area contributed by atoms with Crippen LogP contribution in [0.1, 0.15) is 28.8 Å². The van der Waals surface area contributed by atoms with E-state index in [0.29, 0.717) is 28.6 Å². The first-order valence-electron chi connectivity index (χ1n) is 9.04. The molecule has 26 heavy (non-hydrogen) atoms. The van der Waals surface area contributed by atoms with Crippen LogP contribution in [-0.2, 0) is 6.42 Å². The van der Waals surface area contributed by atoms with Crippen molar-refractivity contribution >= 4 is 12.0 Å². The molecule has 1 aromatic carbocycles. The number of carbonyl (C=O) groups excluding carboxylic acids is 1. The second-order valence-corrected chi connectivity index (χ2v) is 7.57. The molecule has 0 N–H and O–H groups in total. The summed E-state index contributed by atoms with van der Waals surface area (Å²) >= 11 is 0. The fraction of sp³-hybridized carbons (Fsp3) is 0.400. The molecule has 1 aromatic heterocycles. The smallest absolute Gasteiger partial charge is 0.217 e. The number of nitrogens with zero attached hydrogens (tertiary/aromatic N) is 3. The lowest BCUT2D eigenvalue weighted by Crippen LogP contribution is -2.61. The Balaban J connectivity index is 1.52. The third-order valence-electron chi connectivity index (χ3n) is 6.10. The molecule has 0 amide bonds. The molecule has 1 atom stereocenters. The molecule has 0 radical (unpaired) electrons. The highest BCUT2D eigenvalue weighted by Crippen LogP contribution is 2.47. The number of hydrogen-bond acceptors (Lipinski definition) is 6. The molecule has 6 rings (SSSR count). The van der Waals surface area contributed by atoms with E-state index in [0.717, 1.165) is 43.5 Å². The van der Waals surface area contributed by atoms with E-state index in [-0.39, 0.29) is 5.60 Å². The van der Waals surface area contributed by atoms with Crippen molar-refractivity contribution in [3.8, 4) is 17.0 Å². The molecule has 3 fully saturated rings. The number of carbonyl (C=O) groups is 1. The van der Waals surface area contributed by atoms with Gasteiger partial charge in [0.05, 0.1) is 0 Å².